The second kappa shape index (κ2) is 7.00. The molecule has 0 amide bonds. The highest BCUT2D eigenvalue weighted by Gasteiger charge is 2.22. The third-order valence-corrected chi connectivity index (χ3v) is 4.95. The summed E-state index contributed by atoms with van der Waals surface area (Å²) in [6.45, 7) is 1.98. The molecule has 0 saturated heterocycles. The molecule has 0 aromatic heterocycles. The molecular weight excluding hydrogens is 380 g/mol. The van der Waals surface area contributed by atoms with E-state index in [0.717, 1.165) is 16.3 Å². The van der Waals surface area contributed by atoms with Crippen LogP contribution >= 0.6 is 0 Å². The number of nitro benzene ring substituents is 1. The molecule has 4 aromatic rings. The lowest BCUT2D eigenvalue weighted by Gasteiger charge is -2.13. The summed E-state index contributed by atoms with van der Waals surface area (Å²) in [5.74, 6) is 1.74. The largest absolute Gasteiger partial charge is 0.456 e. The van der Waals surface area contributed by atoms with Gasteiger partial charge in [-0.05, 0) is 30.5 Å². The van der Waals surface area contributed by atoms with Gasteiger partial charge in [-0.3, -0.25) is 15.1 Å². The SMILES string of the molecule is Cc1ccc(Oc2cc([N+](=O)[O-])cc3c2C=Nc2c(ccc4ccccc24)O3)cc1. The molecule has 0 radical (unpaired) electrons. The molecule has 1 aliphatic heterocycles. The molecule has 1 aliphatic rings. The molecule has 0 saturated carbocycles. The maximum absolute atomic E-state index is 11.5. The monoisotopic (exact) mass is 396 g/mol. The number of nitrogens with zero attached hydrogens (tertiary/aromatic N) is 2. The van der Waals surface area contributed by atoms with Crippen LogP contribution in [0.25, 0.3) is 10.8 Å². The van der Waals surface area contributed by atoms with Crippen molar-refractivity contribution in [3.63, 3.8) is 0 Å². The fraction of sp³-hybridized carbons (Fsp3) is 0.0417. The number of benzene rings is 4. The van der Waals surface area contributed by atoms with Crippen LogP contribution in [-0.4, -0.2) is 11.1 Å². The van der Waals surface area contributed by atoms with Crippen molar-refractivity contribution in [2.45, 2.75) is 6.92 Å². The third-order valence-electron chi connectivity index (χ3n) is 4.95. The van der Waals surface area contributed by atoms with Gasteiger partial charge >= 0.3 is 0 Å². The van der Waals surface area contributed by atoms with Crippen molar-refractivity contribution in [2.24, 2.45) is 4.99 Å². The van der Waals surface area contributed by atoms with E-state index in [2.05, 4.69) is 4.99 Å². The number of hydrogen-bond acceptors (Lipinski definition) is 5. The average Bonchev–Trinajstić information content (AvgIpc) is 2.95. The van der Waals surface area contributed by atoms with Crippen LogP contribution in [0.2, 0.25) is 0 Å². The zero-order valence-electron chi connectivity index (χ0n) is 16.0. The van der Waals surface area contributed by atoms with E-state index < -0.39 is 4.92 Å². The first-order valence-electron chi connectivity index (χ1n) is 9.39. The Kier molecular flexibility index (Phi) is 4.17. The fourth-order valence-corrected chi connectivity index (χ4v) is 3.42. The Labute approximate surface area is 172 Å². The standard InChI is InChI=1S/C24H16N2O4/c1-15-6-9-18(10-7-15)29-22-12-17(26(27)28)13-23-20(22)14-25-24-19-5-3-2-4-16(19)8-11-21(24)30-23/h2-14H,1H3. The zero-order valence-corrected chi connectivity index (χ0v) is 16.0. The Bertz CT molecular complexity index is 1330. The van der Waals surface area contributed by atoms with E-state index in [4.69, 9.17) is 9.47 Å². The van der Waals surface area contributed by atoms with Gasteiger partial charge in [0.15, 0.2) is 5.75 Å². The van der Waals surface area contributed by atoms with Crippen molar-refractivity contribution in [2.75, 3.05) is 0 Å². The summed E-state index contributed by atoms with van der Waals surface area (Å²) in [5, 5.41) is 13.5. The van der Waals surface area contributed by atoms with Crippen LogP contribution in [0.3, 0.4) is 0 Å². The topological polar surface area (TPSA) is 74.0 Å². The summed E-state index contributed by atoms with van der Waals surface area (Å²) in [7, 11) is 0. The highest BCUT2D eigenvalue weighted by molar-refractivity contribution is 6.00. The summed E-state index contributed by atoms with van der Waals surface area (Å²) in [5.41, 5.74) is 2.19. The van der Waals surface area contributed by atoms with Crippen molar-refractivity contribution in [3.05, 3.63) is 94.0 Å². The second-order valence-electron chi connectivity index (χ2n) is 7.02. The van der Waals surface area contributed by atoms with Gasteiger partial charge in [-0.1, -0.05) is 48.0 Å². The third kappa shape index (κ3) is 3.14. The molecule has 4 aromatic carbocycles. The Balaban J connectivity index is 1.67. The molecule has 0 aliphatic carbocycles. The lowest BCUT2D eigenvalue weighted by molar-refractivity contribution is -0.385. The van der Waals surface area contributed by atoms with Crippen molar-refractivity contribution in [1.29, 1.82) is 0 Å². The number of nitro groups is 1. The maximum Gasteiger partial charge on any atom is 0.276 e. The highest BCUT2D eigenvalue weighted by atomic mass is 16.6. The molecule has 146 valence electrons. The second-order valence-corrected chi connectivity index (χ2v) is 7.02. The maximum atomic E-state index is 11.5. The molecule has 0 atom stereocenters. The number of rotatable bonds is 3. The summed E-state index contributed by atoms with van der Waals surface area (Å²) in [4.78, 5) is 15.7. The van der Waals surface area contributed by atoms with Gasteiger partial charge in [0.1, 0.15) is 22.9 Å². The number of ether oxygens (including phenoxy) is 2. The van der Waals surface area contributed by atoms with Crippen LogP contribution < -0.4 is 9.47 Å². The smallest absolute Gasteiger partial charge is 0.276 e. The van der Waals surface area contributed by atoms with Gasteiger partial charge in [-0.2, -0.15) is 0 Å². The molecule has 6 nitrogen and oxygen atoms in total. The van der Waals surface area contributed by atoms with Gasteiger partial charge in [-0.25, -0.2) is 0 Å². The lowest BCUT2D eigenvalue weighted by Crippen LogP contribution is -1.97. The Morgan fingerprint density at radius 2 is 1.77 bits per heavy atom. The molecular formula is C24H16N2O4. The van der Waals surface area contributed by atoms with Gasteiger partial charge in [0.25, 0.3) is 5.69 Å². The molecule has 0 fully saturated rings. The number of aryl methyl sites for hydroxylation is 1. The quantitative estimate of drug-likeness (QED) is 0.251. The van der Waals surface area contributed by atoms with Gasteiger partial charge in [0.05, 0.1) is 22.6 Å². The normalized spacial score (nSPS) is 11.9. The average molecular weight is 396 g/mol. The minimum Gasteiger partial charge on any atom is -0.456 e. The first-order chi connectivity index (χ1) is 14.6. The molecule has 30 heavy (non-hydrogen) atoms. The molecule has 6 heteroatoms. The van der Waals surface area contributed by atoms with E-state index in [9.17, 15) is 10.1 Å². The van der Waals surface area contributed by atoms with Crippen LogP contribution in [0.5, 0.6) is 23.0 Å². The molecule has 0 N–H and O–H groups in total. The van der Waals surface area contributed by atoms with Crippen LogP contribution in [0.4, 0.5) is 11.4 Å². The summed E-state index contributed by atoms with van der Waals surface area (Å²) in [6.07, 6.45) is 1.64. The van der Waals surface area contributed by atoms with Gasteiger partial charge < -0.3 is 9.47 Å². The first-order valence-corrected chi connectivity index (χ1v) is 9.39. The lowest BCUT2D eigenvalue weighted by atomic mass is 10.1. The molecule has 0 bridgehead atoms. The minimum absolute atomic E-state index is 0.117. The molecule has 0 spiro atoms. The van der Waals surface area contributed by atoms with Crippen molar-refractivity contribution in [1.82, 2.24) is 0 Å². The van der Waals surface area contributed by atoms with Crippen molar-refractivity contribution < 1.29 is 14.4 Å². The number of non-ortho nitro benzene ring substituents is 1. The number of hydrogen-bond donors (Lipinski definition) is 0. The molecule has 5 rings (SSSR count). The van der Waals surface area contributed by atoms with Gasteiger partial charge in [0.2, 0.25) is 0 Å². The Hall–Kier alpha value is -4.19. The van der Waals surface area contributed by atoms with E-state index in [1.54, 1.807) is 6.21 Å². The van der Waals surface area contributed by atoms with Crippen LogP contribution in [0.15, 0.2) is 77.8 Å². The first kappa shape index (κ1) is 17.9. The summed E-state index contributed by atoms with van der Waals surface area (Å²) in [6, 6.07) is 21.9. The predicted molar refractivity (Wildman–Crippen MR) is 116 cm³/mol. The van der Waals surface area contributed by atoms with E-state index in [0.29, 0.717) is 34.2 Å². The van der Waals surface area contributed by atoms with Crippen molar-refractivity contribution >= 4 is 28.4 Å². The van der Waals surface area contributed by atoms with Crippen LogP contribution in [0.1, 0.15) is 11.1 Å². The fourth-order valence-electron chi connectivity index (χ4n) is 3.42. The summed E-state index contributed by atoms with van der Waals surface area (Å²) < 4.78 is 12.1. The summed E-state index contributed by atoms with van der Waals surface area (Å²) >= 11 is 0. The van der Waals surface area contributed by atoms with Crippen LogP contribution in [-0.2, 0) is 0 Å². The number of aliphatic imine (C=N–C) groups is 1. The Morgan fingerprint density at radius 3 is 2.57 bits per heavy atom. The molecule has 1 heterocycles. The Morgan fingerprint density at radius 1 is 0.967 bits per heavy atom. The van der Waals surface area contributed by atoms with E-state index in [1.165, 1.54) is 12.1 Å². The van der Waals surface area contributed by atoms with Gasteiger partial charge in [-0.15, -0.1) is 0 Å². The minimum atomic E-state index is -0.463. The van der Waals surface area contributed by atoms with Crippen LogP contribution in [0, 0.1) is 17.0 Å². The zero-order chi connectivity index (χ0) is 20.7. The van der Waals surface area contributed by atoms with Gasteiger partial charge in [0, 0.05) is 11.6 Å². The molecule has 0 unspecified atom stereocenters. The number of fused-ring (bicyclic) bond motifs is 4. The van der Waals surface area contributed by atoms with Crippen molar-refractivity contribution in [3.8, 4) is 23.0 Å². The van der Waals surface area contributed by atoms with E-state index in [1.807, 2.05) is 67.6 Å². The predicted octanol–water partition coefficient (Wildman–Crippen LogP) is 6.71. The van der Waals surface area contributed by atoms with E-state index >= 15 is 0 Å². The highest BCUT2D eigenvalue weighted by Crippen LogP contribution is 2.44. The van der Waals surface area contributed by atoms with E-state index in [-0.39, 0.29) is 5.69 Å².